The summed E-state index contributed by atoms with van der Waals surface area (Å²) in [4.78, 5) is 29.8. The number of methoxy groups -OCH3 is 1. The molecule has 1 heterocycles. The predicted octanol–water partition coefficient (Wildman–Crippen LogP) is 5.47. The summed E-state index contributed by atoms with van der Waals surface area (Å²) in [5.74, 6) is -0.345. The zero-order chi connectivity index (χ0) is 22.5. The van der Waals surface area contributed by atoms with Crippen molar-refractivity contribution in [2.24, 2.45) is 0 Å². The van der Waals surface area contributed by atoms with Gasteiger partial charge in [-0.3, -0.25) is 4.79 Å². The molecule has 0 spiro atoms. The number of esters is 1. The maximum Gasteiger partial charge on any atom is 0.339 e. The SMILES string of the molecule is COc1ccc(NC(=O)COC(=O)c2cc(-c3ccc(Br)cc3)nc3ccccc23)cc1. The van der Waals surface area contributed by atoms with E-state index in [-0.39, 0.29) is 0 Å². The molecule has 0 aliphatic heterocycles. The third-order valence-corrected chi connectivity index (χ3v) is 5.31. The minimum Gasteiger partial charge on any atom is -0.497 e. The molecule has 0 bridgehead atoms. The second kappa shape index (κ2) is 9.62. The molecule has 1 aromatic heterocycles. The molecule has 3 aromatic carbocycles. The van der Waals surface area contributed by atoms with Crippen molar-refractivity contribution in [1.29, 1.82) is 0 Å². The number of hydrogen-bond donors (Lipinski definition) is 1. The number of rotatable bonds is 6. The first-order valence-electron chi connectivity index (χ1n) is 9.80. The number of pyridine rings is 1. The molecule has 7 heteroatoms. The third-order valence-electron chi connectivity index (χ3n) is 4.78. The highest BCUT2D eigenvalue weighted by molar-refractivity contribution is 9.10. The molecule has 1 amide bonds. The largest absolute Gasteiger partial charge is 0.497 e. The molecule has 0 unspecified atom stereocenters. The highest BCUT2D eigenvalue weighted by Gasteiger charge is 2.16. The van der Waals surface area contributed by atoms with Crippen LogP contribution in [0, 0.1) is 0 Å². The molecule has 0 aliphatic carbocycles. The maximum atomic E-state index is 12.9. The third kappa shape index (κ3) is 4.95. The second-order valence-corrected chi connectivity index (χ2v) is 7.85. The van der Waals surface area contributed by atoms with Crippen molar-refractivity contribution in [1.82, 2.24) is 4.98 Å². The Morgan fingerprint density at radius 1 is 0.969 bits per heavy atom. The van der Waals surface area contributed by atoms with Gasteiger partial charge in [-0.2, -0.15) is 0 Å². The minimum absolute atomic E-state index is 0.353. The molecule has 0 atom stereocenters. The smallest absolute Gasteiger partial charge is 0.339 e. The van der Waals surface area contributed by atoms with Crippen LogP contribution in [-0.4, -0.2) is 30.6 Å². The lowest BCUT2D eigenvalue weighted by Crippen LogP contribution is -2.21. The van der Waals surface area contributed by atoms with Crippen molar-refractivity contribution in [3.05, 3.63) is 88.9 Å². The Balaban J connectivity index is 1.53. The Labute approximate surface area is 193 Å². The molecule has 0 saturated heterocycles. The molecule has 6 nitrogen and oxygen atoms in total. The minimum atomic E-state index is -0.591. The molecular formula is C25H19BrN2O4. The number of fused-ring (bicyclic) bond motifs is 1. The van der Waals surface area contributed by atoms with Gasteiger partial charge in [0, 0.05) is 21.1 Å². The number of halogens is 1. The zero-order valence-electron chi connectivity index (χ0n) is 17.2. The Morgan fingerprint density at radius 2 is 1.69 bits per heavy atom. The van der Waals surface area contributed by atoms with E-state index < -0.39 is 18.5 Å². The van der Waals surface area contributed by atoms with Crippen LogP contribution in [0.1, 0.15) is 10.4 Å². The highest BCUT2D eigenvalue weighted by atomic mass is 79.9. The molecule has 4 rings (SSSR count). The van der Waals surface area contributed by atoms with E-state index in [1.165, 1.54) is 0 Å². The number of amides is 1. The summed E-state index contributed by atoms with van der Waals surface area (Å²) < 4.78 is 11.4. The number of ether oxygens (including phenoxy) is 2. The summed E-state index contributed by atoms with van der Waals surface area (Å²) in [5.41, 5.74) is 3.11. The van der Waals surface area contributed by atoms with Crippen LogP contribution in [0.15, 0.2) is 83.3 Å². The summed E-state index contributed by atoms with van der Waals surface area (Å²) >= 11 is 3.42. The van der Waals surface area contributed by atoms with E-state index in [9.17, 15) is 9.59 Å². The molecular weight excluding hydrogens is 472 g/mol. The van der Waals surface area contributed by atoms with E-state index in [4.69, 9.17) is 9.47 Å². The predicted molar refractivity (Wildman–Crippen MR) is 127 cm³/mol. The van der Waals surface area contributed by atoms with Crippen LogP contribution in [0.5, 0.6) is 5.75 Å². The van der Waals surface area contributed by atoms with Gasteiger partial charge >= 0.3 is 5.97 Å². The maximum absolute atomic E-state index is 12.9. The lowest BCUT2D eigenvalue weighted by Gasteiger charge is -2.11. The number of carbonyl (C=O) groups is 2. The first kappa shape index (κ1) is 21.5. The van der Waals surface area contributed by atoms with E-state index in [1.807, 2.05) is 48.5 Å². The fraction of sp³-hybridized carbons (Fsp3) is 0.0800. The average molecular weight is 491 g/mol. The first-order valence-corrected chi connectivity index (χ1v) is 10.6. The van der Waals surface area contributed by atoms with E-state index in [1.54, 1.807) is 37.4 Å². The van der Waals surface area contributed by atoms with E-state index in [0.717, 1.165) is 10.0 Å². The van der Waals surface area contributed by atoms with Gasteiger partial charge in [0.1, 0.15) is 5.75 Å². The van der Waals surface area contributed by atoms with Gasteiger partial charge in [0.2, 0.25) is 0 Å². The number of nitrogens with zero attached hydrogens (tertiary/aromatic N) is 1. The summed E-state index contributed by atoms with van der Waals surface area (Å²) in [6.45, 7) is -0.408. The van der Waals surface area contributed by atoms with Gasteiger partial charge in [-0.25, -0.2) is 9.78 Å². The van der Waals surface area contributed by atoms with Crippen molar-refractivity contribution in [3.63, 3.8) is 0 Å². The van der Waals surface area contributed by atoms with Crippen LogP contribution in [0.25, 0.3) is 22.2 Å². The van der Waals surface area contributed by atoms with Crippen LogP contribution in [0.4, 0.5) is 5.69 Å². The number of carbonyl (C=O) groups excluding carboxylic acids is 2. The average Bonchev–Trinajstić information content (AvgIpc) is 2.83. The molecule has 0 radical (unpaired) electrons. The summed E-state index contributed by atoms with van der Waals surface area (Å²) in [6, 6.07) is 23.6. The van der Waals surface area contributed by atoms with Gasteiger partial charge in [0.05, 0.1) is 23.9 Å². The van der Waals surface area contributed by atoms with Crippen molar-refractivity contribution >= 4 is 44.4 Å². The van der Waals surface area contributed by atoms with Crippen LogP contribution >= 0.6 is 15.9 Å². The van der Waals surface area contributed by atoms with Gasteiger partial charge in [0.15, 0.2) is 6.61 Å². The lowest BCUT2D eigenvalue weighted by atomic mass is 10.0. The van der Waals surface area contributed by atoms with Gasteiger partial charge in [-0.15, -0.1) is 0 Å². The Hall–Kier alpha value is -3.71. The first-order chi connectivity index (χ1) is 15.5. The molecule has 160 valence electrons. The number of hydrogen-bond acceptors (Lipinski definition) is 5. The molecule has 1 N–H and O–H groups in total. The number of para-hydroxylation sites is 1. The monoisotopic (exact) mass is 490 g/mol. The number of anilines is 1. The van der Waals surface area contributed by atoms with Crippen LogP contribution in [-0.2, 0) is 9.53 Å². The van der Waals surface area contributed by atoms with Crippen molar-refractivity contribution < 1.29 is 19.1 Å². The molecule has 32 heavy (non-hydrogen) atoms. The Kier molecular flexibility index (Phi) is 6.47. The van der Waals surface area contributed by atoms with Gasteiger partial charge in [-0.1, -0.05) is 46.3 Å². The Bertz CT molecular complexity index is 1270. The van der Waals surface area contributed by atoms with Crippen molar-refractivity contribution in [3.8, 4) is 17.0 Å². The van der Waals surface area contributed by atoms with Crippen LogP contribution in [0.3, 0.4) is 0 Å². The number of benzene rings is 3. The fourth-order valence-electron chi connectivity index (χ4n) is 3.19. The summed E-state index contributed by atoms with van der Waals surface area (Å²) in [6.07, 6.45) is 0. The quantitative estimate of drug-likeness (QED) is 0.362. The molecule has 0 fully saturated rings. The Morgan fingerprint density at radius 3 is 2.41 bits per heavy atom. The van der Waals surface area contributed by atoms with E-state index in [2.05, 4.69) is 26.2 Å². The summed E-state index contributed by atoms with van der Waals surface area (Å²) in [5, 5.41) is 3.35. The van der Waals surface area contributed by atoms with Gasteiger partial charge in [0.25, 0.3) is 5.91 Å². The normalized spacial score (nSPS) is 10.6. The highest BCUT2D eigenvalue weighted by Crippen LogP contribution is 2.26. The van der Waals surface area contributed by atoms with Crippen LogP contribution in [0.2, 0.25) is 0 Å². The standard InChI is InChI=1S/C25H19BrN2O4/c1-31-19-12-10-18(11-13-19)27-24(29)15-32-25(30)21-14-23(16-6-8-17(26)9-7-16)28-22-5-3-2-4-20(21)22/h2-14H,15H2,1H3,(H,27,29). The van der Waals surface area contributed by atoms with Gasteiger partial charge < -0.3 is 14.8 Å². The molecule has 0 aliphatic rings. The van der Waals surface area contributed by atoms with E-state index in [0.29, 0.717) is 33.6 Å². The molecule has 0 saturated carbocycles. The zero-order valence-corrected chi connectivity index (χ0v) is 18.8. The fourth-order valence-corrected chi connectivity index (χ4v) is 3.46. The topological polar surface area (TPSA) is 77.5 Å². The van der Waals surface area contributed by atoms with Crippen molar-refractivity contribution in [2.75, 3.05) is 19.0 Å². The number of aromatic nitrogens is 1. The second-order valence-electron chi connectivity index (χ2n) is 6.93. The van der Waals surface area contributed by atoms with Crippen LogP contribution < -0.4 is 10.1 Å². The summed E-state index contributed by atoms with van der Waals surface area (Å²) in [7, 11) is 1.57. The van der Waals surface area contributed by atoms with Crippen molar-refractivity contribution in [2.45, 2.75) is 0 Å². The van der Waals surface area contributed by atoms with Gasteiger partial charge in [-0.05, 0) is 48.5 Å². The lowest BCUT2D eigenvalue weighted by molar-refractivity contribution is -0.119. The molecule has 4 aromatic rings. The number of nitrogens with one attached hydrogen (secondary N) is 1. The van der Waals surface area contributed by atoms with E-state index >= 15 is 0 Å².